The summed E-state index contributed by atoms with van der Waals surface area (Å²) in [7, 11) is 0. The van der Waals surface area contributed by atoms with Crippen LogP contribution in [0, 0.1) is 5.92 Å². The van der Waals surface area contributed by atoms with Crippen molar-refractivity contribution in [3.63, 3.8) is 0 Å². The lowest BCUT2D eigenvalue weighted by Crippen LogP contribution is -2.25. The molecule has 1 unspecified atom stereocenters. The molecule has 0 aliphatic carbocycles. The Kier molecular flexibility index (Phi) is 5.08. The molecular formula is C14H22O4. The number of esters is 1. The Labute approximate surface area is 108 Å². The molecule has 1 aliphatic heterocycles. The van der Waals surface area contributed by atoms with Gasteiger partial charge in [0.2, 0.25) is 0 Å². The quantitative estimate of drug-likeness (QED) is 0.709. The van der Waals surface area contributed by atoms with Crippen LogP contribution in [0.1, 0.15) is 40.5 Å². The molecule has 0 aromatic carbocycles. The first-order chi connectivity index (χ1) is 8.26. The summed E-state index contributed by atoms with van der Waals surface area (Å²) in [6.07, 6.45) is 2.41. The molecule has 0 saturated carbocycles. The first-order valence-corrected chi connectivity index (χ1v) is 6.28. The number of ketones is 1. The summed E-state index contributed by atoms with van der Waals surface area (Å²) in [5.41, 5.74) is 0.350. The van der Waals surface area contributed by atoms with Crippen LogP contribution in [0.2, 0.25) is 0 Å². The summed E-state index contributed by atoms with van der Waals surface area (Å²) in [5.74, 6) is -0.0533. The molecule has 0 amide bonds. The van der Waals surface area contributed by atoms with E-state index in [0.717, 1.165) is 5.57 Å². The number of carbonyl (C=O) groups is 2. The van der Waals surface area contributed by atoms with E-state index in [1.165, 1.54) is 6.08 Å². The lowest BCUT2D eigenvalue weighted by atomic mass is 9.97. The molecule has 1 atom stereocenters. The van der Waals surface area contributed by atoms with Gasteiger partial charge in [-0.05, 0) is 39.2 Å². The lowest BCUT2D eigenvalue weighted by molar-refractivity contribution is -0.153. The van der Waals surface area contributed by atoms with E-state index in [4.69, 9.17) is 9.47 Å². The molecule has 4 heteroatoms. The number of hydrogen-bond donors (Lipinski definition) is 0. The van der Waals surface area contributed by atoms with E-state index in [-0.39, 0.29) is 24.8 Å². The van der Waals surface area contributed by atoms with Crippen LogP contribution in [-0.4, -0.2) is 30.6 Å². The predicted molar refractivity (Wildman–Crippen MR) is 68.2 cm³/mol. The molecule has 18 heavy (non-hydrogen) atoms. The van der Waals surface area contributed by atoms with E-state index in [2.05, 4.69) is 0 Å². The molecule has 1 aliphatic rings. The molecule has 1 heterocycles. The topological polar surface area (TPSA) is 52.6 Å². The van der Waals surface area contributed by atoms with Gasteiger partial charge in [-0.25, -0.2) is 0 Å². The molecule has 0 spiro atoms. The fraction of sp³-hybridized carbons (Fsp3) is 0.714. The average Bonchev–Trinajstić information content (AvgIpc) is 2.11. The second kappa shape index (κ2) is 6.14. The molecule has 102 valence electrons. The second-order valence-electron chi connectivity index (χ2n) is 5.86. The third kappa shape index (κ3) is 5.96. The van der Waals surface area contributed by atoms with Crippen LogP contribution in [-0.2, 0) is 19.1 Å². The fourth-order valence-electron chi connectivity index (χ4n) is 1.88. The van der Waals surface area contributed by atoms with Gasteiger partial charge in [0.15, 0.2) is 5.78 Å². The summed E-state index contributed by atoms with van der Waals surface area (Å²) in [6, 6.07) is 0. The van der Waals surface area contributed by atoms with Crippen LogP contribution in [0.3, 0.4) is 0 Å². The van der Waals surface area contributed by atoms with Crippen LogP contribution in [0.15, 0.2) is 11.6 Å². The van der Waals surface area contributed by atoms with Crippen molar-refractivity contribution in [1.29, 1.82) is 0 Å². The minimum atomic E-state index is -0.488. The predicted octanol–water partition coefficient (Wildman–Crippen LogP) is 2.27. The monoisotopic (exact) mass is 254 g/mol. The van der Waals surface area contributed by atoms with Gasteiger partial charge in [-0.1, -0.05) is 12.5 Å². The molecule has 0 N–H and O–H groups in total. The number of ether oxygens (including phenoxy) is 2. The lowest BCUT2D eigenvalue weighted by Gasteiger charge is -2.21. The Morgan fingerprint density at radius 2 is 2.17 bits per heavy atom. The van der Waals surface area contributed by atoms with Crippen molar-refractivity contribution >= 4 is 11.8 Å². The second-order valence-corrected chi connectivity index (χ2v) is 5.86. The molecule has 0 radical (unpaired) electrons. The molecule has 0 aromatic heterocycles. The van der Waals surface area contributed by atoms with Crippen molar-refractivity contribution in [2.75, 3.05) is 13.2 Å². The maximum Gasteiger partial charge on any atom is 0.310 e. The zero-order valence-corrected chi connectivity index (χ0v) is 11.6. The molecule has 0 aromatic rings. The molecule has 0 bridgehead atoms. The zero-order valence-electron chi connectivity index (χ0n) is 11.6. The van der Waals surface area contributed by atoms with Crippen molar-refractivity contribution in [1.82, 2.24) is 0 Å². The van der Waals surface area contributed by atoms with Crippen molar-refractivity contribution in [3.05, 3.63) is 11.6 Å². The first-order valence-electron chi connectivity index (χ1n) is 6.28. The van der Waals surface area contributed by atoms with Crippen LogP contribution in [0.25, 0.3) is 0 Å². The minimum absolute atomic E-state index is 0.0829. The third-order valence-corrected chi connectivity index (χ3v) is 2.41. The van der Waals surface area contributed by atoms with E-state index >= 15 is 0 Å². The van der Waals surface area contributed by atoms with Gasteiger partial charge in [0, 0.05) is 0 Å². The van der Waals surface area contributed by atoms with Gasteiger partial charge < -0.3 is 9.47 Å². The van der Waals surface area contributed by atoms with Gasteiger partial charge >= 0.3 is 5.97 Å². The SMILES string of the molecule is CC1COCC(=O)/C=C(/CC(=O)OC(C)(C)C)C1. The van der Waals surface area contributed by atoms with Crippen molar-refractivity contribution in [2.24, 2.45) is 5.92 Å². The van der Waals surface area contributed by atoms with E-state index in [1.807, 2.05) is 27.7 Å². The highest BCUT2D eigenvalue weighted by atomic mass is 16.6. The number of hydrogen-bond acceptors (Lipinski definition) is 4. The summed E-state index contributed by atoms with van der Waals surface area (Å²) >= 11 is 0. The standard InChI is InChI=1S/C14H22O4/c1-10-5-11(6-12(15)9-17-8-10)7-13(16)18-14(2,3)4/h6,10H,5,7-9H2,1-4H3/b11-6+. The van der Waals surface area contributed by atoms with Gasteiger partial charge in [-0.3, -0.25) is 9.59 Å². The highest BCUT2D eigenvalue weighted by Gasteiger charge is 2.20. The van der Waals surface area contributed by atoms with E-state index in [9.17, 15) is 9.59 Å². The van der Waals surface area contributed by atoms with Gasteiger partial charge in [0.25, 0.3) is 0 Å². The summed E-state index contributed by atoms with van der Waals surface area (Å²) < 4.78 is 10.5. The van der Waals surface area contributed by atoms with E-state index in [0.29, 0.717) is 18.9 Å². The normalized spacial score (nSPS) is 24.8. The van der Waals surface area contributed by atoms with Gasteiger partial charge in [0.05, 0.1) is 13.0 Å². The summed E-state index contributed by atoms with van der Waals surface area (Å²) in [5, 5.41) is 0. The molecule has 0 saturated heterocycles. The van der Waals surface area contributed by atoms with Crippen molar-refractivity contribution in [3.8, 4) is 0 Å². The van der Waals surface area contributed by atoms with Crippen molar-refractivity contribution < 1.29 is 19.1 Å². The molecule has 4 nitrogen and oxygen atoms in total. The highest BCUT2D eigenvalue weighted by Crippen LogP contribution is 2.19. The van der Waals surface area contributed by atoms with Gasteiger partial charge in [-0.15, -0.1) is 0 Å². The zero-order chi connectivity index (χ0) is 13.8. The maximum absolute atomic E-state index is 11.7. The summed E-state index contributed by atoms with van der Waals surface area (Å²) in [4.78, 5) is 23.2. The Morgan fingerprint density at radius 1 is 1.50 bits per heavy atom. The van der Waals surface area contributed by atoms with Crippen LogP contribution in [0.4, 0.5) is 0 Å². The van der Waals surface area contributed by atoms with E-state index in [1.54, 1.807) is 0 Å². The van der Waals surface area contributed by atoms with Crippen LogP contribution < -0.4 is 0 Å². The fourth-order valence-corrected chi connectivity index (χ4v) is 1.88. The van der Waals surface area contributed by atoms with Gasteiger partial charge in [-0.2, -0.15) is 0 Å². The third-order valence-electron chi connectivity index (χ3n) is 2.41. The van der Waals surface area contributed by atoms with Crippen molar-refractivity contribution in [2.45, 2.75) is 46.1 Å². The Hall–Kier alpha value is -1.16. The smallest absolute Gasteiger partial charge is 0.310 e. The van der Waals surface area contributed by atoms with Gasteiger partial charge in [0.1, 0.15) is 12.2 Å². The first kappa shape index (κ1) is 14.9. The Morgan fingerprint density at radius 3 is 2.78 bits per heavy atom. The number of rotatable bonds is 2. The van der Waals surface area contributed by atoms with Crippen LogP contribution in [0.5, 0.6) is 0 Å². The summed E-state index contributed by atoms with van der Waals surface area (Å²) in [6.45, 7) is 8.19. The minimum Gasteiger partial charge on any atom is -0.460 e. The highest BCUT2D eigenvalue weighted by molar-refractivity contribution is 5.92. The molecule has 0 fully saturated rings. The van der Waals surface area contributed by atoms with Crippen LogP contribution >= 0.6 is 0 Å². The number of carbonyl (C=O) groups excluding carboxylic acids is 2. The molecule has 1 rings (SSSR count). The largest absolute Gasteiger partial charge is 0.460 e. The van der Waals surface area contributed by atoms with E-state index < -0.39 is 5.60 Å². The molecular weight excluding hydrogens is 232 g/mol. The average molecular weight is 254 g/mol. The Balaban J connectivity index is 2.64. The Bertz CT molecular complexity index is 349. The maximum atomic E-state index is 11.7.